The Morgan fingerprint density at radius 2 is 2.12 bits per heavy atom. The Labute approximate surface area is 148 Å². The van der Waals surface area contributed by atoms with Crippen LogP contribution in [0, 0.1) is 5.92 Å². The molecule has 0 saturated heterocycles. The average molecular weight is 353 g/mol. The van der Waals surface area contributed by atoms with E-state index in [-0.39, 0.29) is 11.1 Å². The van der Waals surface area contributed by atoms with E-state index in [9.17, 15) is 9.59 Å². The summed E-state index contributed by atoms with van der Waals surface area (Å²) >= 11 is 5.89. The molecule has 1 aliphatic carbocycles. The number of pyridine rings is 1. The van der Waals surface area contributed by atoms with Crippen molar-refractivity contribution in [3.8, 4) is 0 Å². The van der Waals surface area contributed by atoms with Gasteiger partial charge in [-0.1, -0.05) is 43.7 Å². The van der Waals surface area contributed by atoms with Gasteiger partial charge in [0.2, 0.25) is 0 Å². The van der Waals surface area contributed by atoms with Crippen LogP contribution in [0.1, 0.15) is 58.3 Å². The van der Waals surface area contributed by atoms with Crippen LogP contribution in [-0.4, -0.2) is 23.0 Å². The van der Waals surface area contributed by atoms with Gasteiger partial charge >= 0.3 is 5.97 Å². The van der Waals surface area contributed by atoms with Gasteiger partial charge in [0.25, 0.3) is 5.91 Å². The molecule has 0 unspecified atom stereocenters. The zero-order chi connectivity index (χ0) is 17.4. The fraction of sp³-hybridized carbons (Fsp3) is 0.611. The van der Waals surface area contributed by atoms with E-state index in [1.165, 1.54) is 38.3 Å². The summed E-state index contributed by atoms with van der Waals surface area (Å²) in [5.41, 5.74) is 0.407. The molecule has 1 aromatic rings. The number of carbonyl (C=O) groups is 2. The highest BCUT2D eigenvalue weighted by molar-refractivity contribution is 6.32. The molecule has 5 nitrogen and oxygen atoms in total. The molecule has 1 heterocycles. The minimum Gasteiger partial charge on any atom is -0.453 e. The first-order valence-electron chi connectivity index (χ1n) is 8.67. The van der Waals surface area contributed by atoms with Gasteiger partial charge in [0.1, 0.15) is 0 Å². The molecule has 0 radical (unpaired) electrons. The molecule has 132 valence electrons. The molecule has 1 fully saturated rings. The van der Waals surface area contributed by atoms with E-state index >= 15 is 0 Å². The van der Waals surface area contributed by atoms with Crippen molar-refractivity contribution < 1.29 is 14.3 Å². The molecule has 1 saturated carbocycles. The maximum absolute atomic E-state index is 12.0. The van der Waals surface area contributed by atoms with Crippen LogP contribution in [0.2, 0.25) is 5.15 Å². The van der Waals surface area contributed by atoms with Gasteiger partial charge in [-0.05, 0) is 37.8 Å². The third-order valence-electron chi connectivity index (χ3n) is 4.41. The summed E-state index contributed by atoms with van der Waals surface area (Å²) in [6.45, 7) is 1.55. The van der Waals surface area contributed by atoms with Crippen molar-refractivity contribution in [2.75, 3.05) is 5.32 Å². The number of nitrogens with zero attached hydrogens (tertiary/aromatic N) is 1. The van der Waals surface area contributed by atoms with Crippen LogP contribution in [0.3, 0.4) is 0 Å². The van der Waals surface area contributed by atoms with E-state index in [0.29, 0.717) is 12.1 Å². The van der Waals surface area contributed by atoms with Crippen LogP contribution in [0.15, 0.2) is 18.3 Å². The van der Waals surface area contributed by atoms with E-state index < -0.39 is 12.0 Å². The molecule has 6 heteroatoms. The lowest BCUT2D eigenvalue weighted by atomic mass is 9.86. The summed E-state index contributed by atoms with van der Waals surface area (Å²) in [5.74, 6) is 0.0104. The van der Waals surface area contributed by atoms with Gasteiger partial charge in [0, 0.05) is 12.6 Å². The number of esters is 1. The highest BCUT2D eigenvalue weighted by atomic mass is 35.5. The third-order valence-corrected chi connectivity index (χ3v) is 4.71. The molecule has 1 aromatic heterocycles. The molecule has 2 rings (SSSR count). The fourth-order valence-electron chi connectivity index (χ4n) is 3.03. The lowest BCUT2D eigenvalue weighted by Crippen LogP contribution is -2.30. The lowest BCUT2D eigenvalue weighted by molar-refractivity contribution is -0.153. The predicted octanol–water partition coefficient (Wildman–Crippen LogP) is 4.36. The molecule has 1 atom stereocenters. The number of hydrogen-bond acceptors (Lipinski definition) is 4. The summed E-state index contributed by atoms with van der Waals surface area (Å²) in [5, 5.41) is 2.82. The van der Waals surface area contributed by atoms with Crippen molar-refractivity contribution in [3.05, 3.63) is 23.5 Å². The van der Waals surface area contributed by atoms with Crippen molar-refractivity contribution in [1.29, 1.82) is 0 Å². The molecular formula is C18H25ClN2O3. The molecule has 0 spiro atoms. The smallest absolute Gasteiger partial charge is 0.306 e. The van der Waals surface area contributed by atoms with Crippen molar-refractivity contribution in [1.82, 2.24) is 4.98 Å². The van der Waals surface area contributed by atoms with E-state index in [0.717, 1.165) is 18.8 Å². The van der Waals surface area contributed by atoms with Crippen molar-refractivity contribution in [3.63, 3.8) is 0 Å². The summed E-state index contributed by atoms with van der Waals surface area (Å²) in [7, 11) is 0. The summed E-state index contributed by atoms with van der Waals surface area (Å²) < 4.78 is 5.20. The van der Waals surface area contributed by atoms with E-state index in [2.05, 4.69) is 10.3 Å². The Balaban J connectivity index is 1.68. The second kappa shape index (κ2) is 9.62. The number of nitrogens with one attached hydrogen (secondary N) is 1. The van der Waals surface area contributed by atoms with Crippen molar-refractivity contribution in [2.24, 2.45) is 5.92 Å². The molecule has 0 aliphatic heterocycles. The monoisotopic (exact) mass is 352 g/mol. The zero-order valence-electron chi connectivity index (χ0n) is 14.1. The molecule has 0 aromatic carbocycles. The summed E-state index contributed by atoms with van der Waals surface area (Å²) in [6, 6.07) is 3.31. The summed E-state index contributed by atoms with van der Waals surface area (Å²) in [4.78, 5) is 27.8. The lowest BCUT2D eigenvalue weighted by Gasteiger charge is -2.21. The second-order valence-electron chi connectivity index (χ2n) is 6.36. The quantitative estimate of drug-likeness (QED) is 0.585. The number of carbonyl (C=O) groups excluding carboxylic acids is 2. The summed E-state index contributed by atoms with van der Waals surface area (Å²) in [6.07, 6.45) is 9.45. The molecule has 1 amide bonds. The molecule has 24 heavy (non-hydrogen) atoms. The van der Waals surface area contributed by atoms with Crippen molar-refractivity contribution >= 4 is 29.2 Å². The van der Waals surface area contributed by atoms with E-state index in [4.69, 9.17) is 16.3 Å². The number of aromatic nitrogens is 1. The third kappa shape index (κ3) is 6.11. The molecule has 0 bridgehead atoms. The number of amides is 1. The maximum Gasteiger partial charge on any atom is 0.306 e. The molecular weight excluding hydrogens is 328 g/mol. The van der Waals surface area contributed by atoms with Gasteiger partial charge < -0.3 is 10.1 Å². The minimum atomic E-state index is -0.858. The van der Waals surface area contributed by atoms with Crippen LogP contribution in [0.4, 0.5) is 5.69 Å². The first kappa shape index (κ1) is 18.7. The Morgan fingerprint density at radius 1 is 1.38 bits per heavy atom. The largest absolute Gasteiger partial charge is 0.453 e. The van der Waals surface area contributed by atoms with Gasteiger partial charge in [-0.3, -0.25) is 9.59 Å². The number of rotatable bonds is 7. The highest BCUT2D eigenvalue weighted by Gasteiger charge is 2.19. The van der Waals surface area contributed by atoms with Gasteiger partial charge in [0.15, 0.2) is 11.3 Å². The maximum atomic E-state index is 12.0. The Kier molecular flexibility index (Phi) is 7.50. The molecule has 1 aliphatic rings. The number of ether oxygens (including phenoxy) is 1. The van der Waals surface area contributed by atoms with E-state index in [1.807, 2.05) is 0 Å². The van der Waals surface area contributed by atoms with Crippen molar-refractivity contribution in [2.45, 2.75) is 64.4 Å². The zero-order valence-corrected chi connectivity index (χ0v) is 14.8. The van der Waals surface area contributed by atoms with Gasteiger partial charge in [-0.15, -0.1) is 0 Å². The first-order valence-corrected chi connectivity index (χ1v) is 9.05. The van der Waals surface area contributed by atoms with Gasteiger partial charge in [-0.25, -0.2) is 4.98 Å². The van der Waals surface area contributed by atoms with Gasteiger partial charge in [0.05, 0.1) is 5.69 Å². The first-order chi connectivity index (χ1) is 11.6. The molecule has 1 N–H and O–H groups in total. The number of hydrogen-bond donors (Lipinski definition) is 1. The minimum absolute atomic E-state index is 0.205. The Hall–Kier alpha value is -1.62. The topological polar surface area (TPSA) is 68.3 Å². The standard InChI is InChI=1S/C18H25ClN2O3/c1-13(18(23)21-15-10-6-12-20-17(15)19)24-16(22)11-5-9-14-7-3-2-4-8-14/h6,10,12-14H,2-5,7-9,11H2,1H3,(H,21,23)/t13-/m1/s1. The normalized spacial score (nSPS) is 16.4. The SMILES string of the molecule is C[C@@H](OC(=O)CCCC1CCCCC1)C(=O)Nc1cccnc1Cl. The Morgan fingerprint density at radius 3 is 2.83 bits per heavy atom. The average Bonchev–Trinajstić information content (AvgIpc) is 2.57. The second-order valence-corrected chi connectivity index (χ2v) is 6.72. The van der Waals surface area contributed by atoms with E-state index in [1.54, 1.807) is 19.1 Å². The fourth-order valence-corrected chi connectivity index (χ4v) is 3.20. The van der Waals surface area contributed by atoms with Crippen LogP contribution < -0.4 is 5.32 Å². The highest BCUT2D eigenvalue weighted by Crippen LogP contribution is 2.27. The number of anilines is 1. The van der Waals surface area contributed by atoms with Crippen LogP contribution >= 0.6 is 11.6 Å². The van der Waals surface area contributed by atoms with Gasteiger partial charge in [-0.2, -0.15) is 0 Å². The van der Waals surface area contributed by atoms with Crippen LogP contribution in [0.5, 0.6) is 0 Å². The Bertz CT molecular complexity index is 559. The number of halogens is 1. The predicted molar refractivity (Wildman–Crippen MR) is 93.9 cm³/mol. The van der Waals surface area contributed by atoms with Crippen LogP contribution in [0.25, 0.3) is 0 Å². The van der Waals surface area contributed by atoms with Crippen LogP contribution in [-0.2, 0) is 14.3 Å².